The van der Waals surface area contributed by atoms with Gasteiger partial charge in [0, 0.05) is 18.8 Å². The number of hydrogen-bond donors (Lipinski definition) is 1. The molecule has 1 N–H and O–H groups in total. The van der Waals surface area contributed by atoms with Gasteiger partial charge in [0.25, 0.3) is 0 Å². The number of rotatable bonds is 3. The summed E-state index contributed by atoms with van der Waals surface area (Å²) in [6.07, 6.45) is 2.81. The lowest BCUT2D eigenvalue weighted by molar-refractivity contribution is 0.280. The van der Waals surface area contributed by atoms with Gasteiger partial charge in [0.05, 0.1) is 12.3 Å². The van der Waals surface area contributed by atoms with Gasteiger partial charge < -0.3 is 5.11 Å². The smallest absolute Gasteiger partial charge is 0.0715 e. The highest BCUT2D eigenvalue weighted by Crippen LogP contribution is 2.11. The summed E-state index contributed by atoms with van der Waals surface area (Å²) in [4.78, 5) is 0. The lowest BCUT2D eigenvalue weighted by Gasteiger charge is -2.01. The third kappa shape index (κ3) is 2.08. The van der Waals surface area contributed by atoms with Gasteiger partial charge in [-0.1, -0.05) is 13.8 Å². The molecule has 0 atom stereocenters. The number of aryl methyl sites for hydroxylation is 1. The van der Waals surface area contributed by atoms with E-state index in [2.05, 4.69) is 18.9 Å². The van der Waals surface area contributed by atoms with Gasteiger partial charge in [-0.05, 0) is 12.3 Å². The van der Waals surface area contributed by atoms with E-state index in [1.807, 2.05) is 13.2 Å². The summed E-state index contributed by atoms with van der Waals surface area (Å²) in [6, 6.07) is 0. The molecule has 0 bridgehead atoms. The second-order valence-corrected chi connectivity index (χ2v) is 3.53. The van der Waals surface area contributed by atoms with Crippen molar-refractivity contribution < 1.29 is 5.11 Å². The molecular formula is C9H16N2O. The molecule has 0 aliphatic rings. The van der Waals surface area contributed by atoms with Crippen LogP contribution in [0.5, 0.6) is 0 Å². The van der Waals surface area contributed by atoms with Gasteiger partial charge in [-0.2, -0.15) is 5.10 Å². The first-order valence-corrected chi connectivity index (χ1v) is 4.25. The molecule has 1 aromatic rings. The van der Waals surface area contributed by atoms with Crippen molar-refractivity contribution in [2.45, 2.75) is 26.9 Å². The van der Waals surface area contributed by atoms with Crippen LogP contribution in [0.1, 0.15) is 25.1 Å². The van der Waals surface area contributed by atoms with E-state index in [0.29, 0.717) is 5.92 Å². The number of aliphatic hydroxyl groups excluding tert-OH is 1. The fourth-order valence-electron chi connectivity index (χ4n) is 1.27. The van der Waals surface area contributed by atoms with E-state index in [0.717, 1.165) is 17.7 Å². The Hall–Kier alpha value is -0.830. The molecule has 1 heterocycles. The lowest BCUT2D eigenvalue weighted by Crippen LogP contribution is -1.99. The van der Waals surface area contributed by atoms with Crippen molar-refractivity contribution in [3.63, 3.8) is 0 Å². The fourth-order valence-corrected chi connectivity index (χ4v) is 1.27. The summed E-state index contributed by atoms with van der Waals surface area (Å²) in [7, 11) is 1.88. The number of nitrogens with zero attached hydrogens (tertiary/aromatic N) is 2. The van der Waals surface area contributed by atoms with Crippen LogP contribution >= 0.6 is 0 Å². The van der Waals surface area contributed by atoms with Gasteiger partial charge in [-0.15, -0.1) is 0 Å². The zero-order valence-electron chi connectivity index (χ0n) is 7.91. The molecule has 1 rings (SSSR count). The Bertz CT molecular complexity index is 253. The average Bonchev–Trinajstić information content (AvgIpc) is 2.29. The summed E-state index contributed by atoms with van der Waals surface area (Å²) in [5, 5.41) is 13.3. The van der Waals surface area contributed by atoms with Crippen LogP contribution in [0.4, 0.5) is 0 Å². The molecule has 0 aliphatic carbocycles. The summed E-state index contributed by atoms with van der Waals surface area (Å²) in [6.45, 7) is 4.39. The van der Waals surface area contributed by atoms with E-state index in [1.54, 1.807) is 4.68 Å². The van der Waals surface area contributed by atoms with Gasteiger partial charge in [0.15, 0.2) is 0 Å². The Morgan fingerprint density at radius 3 is 2.75 bits per heavy atom. The minimum Gasteiger partial charge on any atom is -0.392 e. The Morgan fingerprint density at radius 2 is 2.25 bits per heavy atom. The zero-order valence-corrected chi connectivity index (χ0v) is 7.91. The highest BCUT2D eigenvalue weighted by Gasteiger charge is 2.07. The van der Waals surface area contributed by atoms with Gasteiger partial charge in [0.2, 0.25) is 0 Å². The van der Waals surface area contributed by atoms with Crippen LogP contribution in [0.15, 0.2) is 6.20 Å². The van der Waals surface area contributed by atoms with Crippen LogP contribution in [-0.2, 0) is 20.1 Å². The molecule has 0 fully saturated rings. The lowest BCUT2D eigenvalue weighted by atomic mass is 10.1. The van der Waals surface area contributed by atoms with Gasteiger partial charge in [0.1, 0.15) is 0 Å². The Balaban J connectivity index is 2.81. The number of hydrogen-bond acceptors (Lipinski definition) is 2. The quantitative estimate of drug-likeness (QED) is 0.734. The molecular weight excluding hydrogens is 152 g/mol. The van der Waals surface area contributed by atoms with E-state index in [1.165, 1.54) is 0 Å². The molecule has 0 amide bonds. The van der Waals surface area contributed by atoms with Crippen LogP contribution in [-0.4, -0.2) is 14.9 Å². The minimum atomic E-state index is 0.0931. The molecule has 1 aromatic heterocycles. The van der Waals surface area contributed by atoms with E-state index in [4.69, 9.17) is 5.11 Å². The highest BCUT2D eigenvalue weighted by molar-refractivity contribution is 5.16. The topological polar surface area (TPSA) is 38.0 Å². The molecule has 68 valence electrons. The third-order valence-electron chi connectivity index (χ3n) is 1.76. The average molecular weight is 168 g/mol. The van der Waals surface area contributed by atoms with Crippen molar-refractivity contribution in [1.82, 2.24) is 9.78 Å². The summed E-state index contributed by atoms with van der Waals surface area (Å²) in [5.74, 6) is 0.588. The van der Waals surface area contributed by atoms with Crippen LogP contribution in [0, 0.1) is 5.92 Å². The molecule has 0 saturated heterocycles. The fraction of sp³-hybridized carbons (Fsp3) is 0.667. The van der Waals surface area contributed by atoms with Crippen molar-refractivity contribution in [3.8, 4) is 0 Å². The van der Waals surface area contributed by atoms with Crippen molar-refractivity contribution >= 4 is 0 Å². The first kappa shape index (κ1) is 9.26. The molecule has 3 nitrogen and oxygen atoms in total. The number of aliphatic hydroxyl groups is 1. The maximum Gasteiger partial charge on any atom is 0.0715 e. The maximum atomic E-state index is 8.99. The zero-order chi connectivity index (χ0) is 9.14. The van der Waals surface area contributed by atoms with Crippen LogP contribution in [0.2, 0.25) is 0 Å². The molecule has 0 spiro atoms. The molecule has 0 unspecified atom stereocenters. The molecule has 0 aromatic carbocycles. The molecule has 0 aliphatic heterocycles. The Kier molecular flexibility index (Phi) is 2.87. The van der Waals surface area contributed by atoms with Crippen molar-refractivity contribution in [1.29, 1.82) is 0 Å². The van der Waals surface area contributed by atoms with E-state index in [9.17, 15) is 0 Å². The normalized spacial score (nSPS) is 11.1. The predicted molar refractivity (Wildman–Crippen MR) is 47.7 cm³/mol. The van der Waals surface area contributed by atoms with Crippen LogP contribution in [0.25, 0.3) is 0 Å². The van der Waals surface area contributed by atoms with E-state index >= 15 is 0 Å². The standard InChI is InChI=1S/C9H16N2O/c1-7(2)4-9-8(6-12)5-11(3)10-9/h5,7,12H,4,6H2,1-3H3. The summed E-state index contributed by atoms with van der Waals surface area (Å²) >= 11 is 0. The Morgan fingerprint density at radius 1 is 1.58 bits per heavy atom. The first-order chi connectivity index (χ1) is 5.63. The Labute approximate surface area is 73.0 Å². The summed E-state index contributed by atoms with van der Waals surface area (Å²) < 4.78 is 1.75. The van der Waals surface area contributed by atoms with E-state index < -0.39 is 0 Å². The van der Waals surface area contributed by atoms with Gasteiger partial charge in [-0.25, -0.2) is 0 Å². The molecule has 0 saturated carbocycles. The first-order valence-electron chi connectivity index (χ1n) is 4.25. The second kappa shape index (κ2) is 3.72. The predicted octanol–water partition coefficient (Wildman–Crippen LogP) is 1.11. The van der Waals surface area contributed by atoms with Crippen LogP contribution < -0.4 is 0 Å². The maximum absolute atomic E-state index is 8.99. The van der Waals surface area contributed by atoms with Crippen molar-refractivity contribution in [2.24, 2.45) is 13.0 Å². The summed E-state index contributed by atoms with van der Waals surface area (Å²) in [5.41, 5.74) is 1.97. The van der Waals surface area contributed by atoms with Gasteiger partial charge >= 0.3 is 0 Å². The van der Waals surface area contributed by atoms with Gasteiger partial charge in [-0.3, -0.25) is 4.68 Å². The molecule has 0 radical (unpaired) electrons. The monoisotopic (exact) mass is 168 g/mol. The van der Waals surface area contributed by atoms with Crippen LogP contribution in [0.3, 0.4) is 0 Å². The highest BCUT2D eigenvalue weighted by atomic mass is 16.3. The van der Waals surface area contributed by atoms with E-state index in [-0.39, 0.29) is 6.61 Å². The third-order valence-corrected chi connectivity index (χ3v) is 1.76. The van der Waals surface area contributed by atoms with Crippen molar-refractivity contribution in [2.75, 3.05) is 0 Å². The molecule has 3 heteroatoms. The largest absolute Gasteiger partial charge is 0.392 e. The number of aromatic nitrogens is 2. The van der Waals surface area contributed by atoms with Crippen molar-refractivity contribution in [3.05, 3.63) is 17.5 Å². The molecule has 12 heavy (non-hydrogen) atoms. The minimum absolute atomic E-state index is 0.0931. The second-order valence-electron chi connectivity index (χ2n) is 3.53. The SMILES string of the molecule is CC(C)Cc1nn(C)cc1CO.